The molecule has 1 aromatic heterocycles. The normalized spacial score (nSPS) is 22.1. The monoisotopic (exact) mass is 401 g/mol. The van der Waals surface area contributed by atoms with Crippen molar-refractivity contribution in [1.29, 1.82) is 0 Å². The fourth-order valence-corrected chi connectivity index (χ4v) is 3.00. The molecule has 2 aromatic rings. The fourth-order valence-electron chi connectivity index (χ4n) is 3.00. The van der Waals surface area contributed by atoms with Crippen molar-refractivity contribution in [2.45, 2.75) is 31.6 Å². The summed E-state index contributed by atoms with van der Waals surface area (Å²) < 4.78 is 6.85. The number of amides is 3. The summed E-state index contributed by atoms with van der Waals surface area (Å²) in [5.74, 6) is -0.939. The minimum atomic E-state index is -0.983. The molecule has 0 fully saturated rings. The number of nitrogens with two attached hydrogens (primary N) is 1. The predicted molar refractivity (Wildman–Crippen MR) is 103 cm³/mol. The molecular formula is C18H23N7O4. The van der Waals surface area contributed by atoms with Gasteiger partial charge in [-0.25, -0.2) is 4.68 Å². The lowest BCUT2D eigenvalue weighted by Crippen LogP contribution is -2.53. The van der Waals surface area contributed by atoms with E-state index >= 15 is 0 Å². The zero-order valence-corrected chi connectivity index (χ0v) is 16.3. The van der Waals surface area contributed by atoms with Crippen molar-refractivity contribution in [3.05, 3.63) is 30.0 Å². The van der Waals surface area contributed by atoms with Crippen LogP contribution in [0.25, 0.3) is 11.3 Å². The molecule has 2 heterocycles. The van der Waals surface area contributed by atoms with Crippen LogP contribution in [0.15, 0.2) is 24.4 Å². The highest BCUT2D eigenvalue weighted by Gasteiger charge is 2.28. The maximum absolute atomic E-state index is 12.6. The summed E-state index contributed by atoms with van der Waals surface area (Å²) in [6.45, 7) is 1.59. The summed E-state index contributed by atoms with van der Waals surface area (Å²) >= 11 is 0. The van der Waals surface area contributed by atoms with Crippen molar-refractivity contribution in [3.63, 3.8) is 0 Å². The topological polar surface area (TPSA) is 153 Å². The van der Waals surface area contributed by atoms with Gasteiger partial charge in [0.1, 0.15) is 29.6 Å². The summed E-state index contributed by atoms with van der Waals surface area (Å²) in [5.41, 5.74) is 7.52. The molecule has 4 bridgehead atoms. The maximum atomic E-state index is 12.6. The molecule has 3 amide bonds. The average molecular weight is 401 g/mol. The van der Waals surface area contributed by atoms with Gasteiger partial charge in [-0.05, 0) is 24.6 Å². The van der Waals surface area contributed by atoms with Gasteiger partial charge in [0.05, 0.1) is 19.9 Å². The van der Waals surface area contributed by atoms with Gasteiger partial charge in [0.25, 0.3) is 0 Å². The van der Waals surface area contributed by atoms with E-state index in [-0.39, 0.29) is 6.54 Å². The van der Waals surface area contributed by atoms with E-state index in [9.17, 15) is 14.4 Å². The molecule has 154 valence electrons. The van der Waals surface area contributed by atoms with Crippen molar-refractivity contribution in [1.82, 2.24) is 30.9 Å². The highest BCUT2D eigenvalue weighted by Crippen LogP contribution is 2.31. The van der Waals surface area contributed by atoms with E-state index in [4.69, 9.17) is 10.5 Å². The van der Waals surface area contributed by atoms with E-state index in [1.807, 2.05) is 0 Å². The summed E-state index contributed by atoms with van der Waals surface area (Å²) in [7, 11) is 2.99. The first-order chi connectivity index (χ1) is 13.8. The second kappa shape index (κ2) is 8.27. The van der Waals surface area contributed by atoms with Crippen LogP contribution in [0.3, 0.4) is 0 Å². The molecule has 0 unspecified atom stereocenters. The Kier molecular flexibility index (Phi) is 5.78. The molecule has 1 aliphatic heterocycles. The molecule has 0 saturated carbocycles. The standard InChI is InChI=1S/C18H23N7O4/c1-9-16(26)22-15(18(28)20-2)10-4-5-14(29-3)11(6-10)13-8-25(24-23-13)7-12(19)17(27)21-9/h4-6,8-9,12,15H,7,19H2,1-3H3,(H,20,28)(H,21,27)(H,22,26)/t9-,12+,15+/m1/s1. The largest absolute Gasteiger partial charge is 0.496 e. The quantitative estimate of drug-likeness (QED) is 0.488. The third kappa shape index (κ3) is 4.19. The molecule has 1 aliphatic rings. The van der Waals surface area contributed by atoms with Crippen LogP contribution in [0, 0.1) is 0 Å². The SMILES string of the molecule is CNC(=O)[C@H]1NC(=O)[C@@H](C)NC(=O)[C@@H](N)Cn2cc(nn2)-c2cc1ccc2OC. The number of likely N-dealkylation sites (N-methyl/N-ethyl adjacent to an activating group) is 1. The molecule has 1 aromatic carbocycles. The van der Waals surface area contributed by atoms with E-state index in [0.717, 1.165) is 0 Å². The molecule has 3 rings (SSSR count). The second-order valence-corrected chi connectivity index (χ2v) is 6.68. The maximum Gasteiger partial charge on any atom is 0.246 e. The highest BCUT2D eigenvalue weighted by atomic mass is 16.5. The van der Waals surface area contributed by atoms with Gasteiger partial charge in [-0.1, -0.05) is 11.3 Å². The van der Waals surface area contributed by atoms with E-state index in [1.165, 1.54) is 25.8 Å². The number of carbonyl (C=O) groups is 3. The van der Waals surface area contributed by atoms with Crippen LogP contribution in [0.2, 0.25) is 0 Å². The molecule has 0 aliphatic carbocycles. The zero-order chi connectivity index (χ0) is 21.1. The third-order valence-corrected chi connectivity index (χ3v) is 4.64. The lowest BCUT2D eigenvalue weighted by molar-refractivity contribution is -0.132. The van der Waals surface area contributed by atoms with Crippen molar-refractivity contribution >= 4 is 17.7 Å². The molecular weight excluding hydrogens is 378 g/mol. The van der Waals surface area contributed by atoms with Crippen LogP contribution in [-0.4, -0.2) is 59.0 Å². The minimum absolute atomic E-state index is 0.0794. The summed E-state index contributed by atoms with van der Waals surface area (Å²) in [6, 6.07) is 2.26. The molecule has 29 heavy (non-hydrogen) atoms. The van der Waals surface area contributed by atoms with Gasteiger partial charge in [-0.3, -0.25) is 14.4 Å². The molecule has 5 N–H and O–H groups in total. The third-order valence-electron chi connectivity index (χ3n) is 4.64. The molecule has 11 heteroatoms. The Hall–Kier alpha value is -3.47. The number of nitrogens with one attached hydrogen (secondary N) is 3. The number of aromatic nitrogens is 3. The van der Waals surface area contributed by atoms with Crippen molar-refractivity contribution in [3.8, 4) is 17.0 Å². The van der Waals surface area contributed by atoms with Crippen LogP contribution in [0.1, 0.15) is 18.5 Å². The number of methoxy groups -OCH3 is 1. The Labute approximate surface area is 167 Å². The average Bonchev–Trinajstić information content (AvgIpc) is 3.18. The fraction of sp³-hybridized carbons (Fsp3) is 0.389. The summed E-state index contributed by atoms with van der Waals surface area (Å²) in [4.78, 5) is 37.4. The van der Waals surface area contributed by atoms with Gasteiger partial charge in [0, 0.05) is 12.6 Å². The molecule has 0 saturated heterocycles. The lowest BCUT2D eigenvalue weighted by Gasteiger charge is -2.23. The smallest absolute Gasteiger partial charge is 0.246 e. The number of rotatable bonds is 2. The van der Waals surface area contributed by atoms with Crippen molar-refractivity contribution in [2.24, 2.45) is 5.73 Å². The van der Waals surface area contributed by atoms with Crippen LogP contribution >= 0.6 is 0 Å². The van der Waals surface area contributed by atoms with E-state index in [2.05, 4.69) is 26.3 Å². The number of nitrogens with zero attached hydrogens (tertiary/aromatic N) is 3. The first-order valence-electron chi connectivity index (χ1n) is 9.00. The lowest BCUT2D eigenvalue weighted by atomic mass is 10.0. The molecule has 0 radical (unpaired) electrons. The Morgan fingerprint density at radius 1 is 1.31 bits per heavy atom. The number of fused-ring (bicyclic) bond motifs is 5. The molecule has 3 atom stereocenters. The van der Waals surface area contributed by atoms with E-state index in [0.29, 0.717) is 22.6 Å². The van der Waals surface area contributed by atoms with Crippen molar-refractivity contribution < 1.29 is 19.1 Å². The van der Waals surface area contributed by atoms with Gasteiger partial charge in [-0.15, -0.1) is 5.10 Å². The van der Waals surface area contributed by atoms with Gasteiger partial charge in [-0.2, -0.15) is 0 Å². The first kappa shape index (κ1) is 20.3. The van der Waals surface area contributed by atoms with E-state index in [1.54, 1.807) is 24.4 Å². The van der Waals surface area contributed by atoms with Gasteiger partial charge in [0.15, 0.2) is 0 Å². The number of carbonyl (C=O) groups excluding carboxylic acids is 3. The first-order valence-corrected chi connectivity index (χ1v) is 9.00. The van der Waals surface area contributed by atoms with Crippen LogP contribution < -0.4 is 26.4 Å². The minimum Gasteiger partial charge on any atom is -0.496 e. The molecule has 11 nitrogen and oxygen atoms in total. The van der Waals surface area contributed by atoms with Gasteiger partial charge >= 0.3 is 0 Å². The van der Waals surface area contributed by atoms with Crippen LogP contribution in [-0.2, 0) is 20.9 Å². The number of hydrogen-bond donors (Lipinski definition) is 4. The van der Waals surface area contributed by atoms with Crippen LogP contribution in [0.5, 0.6) is 5.75 Å². The Morgan fingerprint density at radius 3 is 2.76 bits per heavy atom. The highest BCUT2D eigenvalue weighted by molar-refractivity contribution is 5.93. The number of benzene rings is 1. The Morgan fingerprint density at radius 2 is 2.07 bits per heavy atom. The Bertz CT molecular complexity index is 942. The zero-order valence-electron chi connectivity index (χ0n) is 16.3. The van der Waals surface area contributed by atoms with Gasteiger partial charge < -0.3 is 26.4 Å². The Balaban J connectivity index is 2.14. The predicted octanol–water partition coefficient (Wildman–Crippen LogP) is -1.30. The van der Waals surface area contributed by atoms with Crippen LogP contribution in [0.4, 0.5) is 0 Å². The summed E-state index contributed by atoms with van der Waals surface area (Å²) in [5, 5.41) is 15.9. The van der Waals surface area contributed by atoms with Crippen molar-refractivity contribution in [2.75, 3.05) is 14.2 Å². The number of ether oxygens (including phenoxy) is 1. The van der Waals surface area contributed by atoms with E-state index < -0.39 is 35.8 Å². The number of hydrogen-bond acceptors (Lipinski definition) is 7. The second-order valence-electron chi connectivity index (χ2n) is 6.68. The van der Waals surface area contributed by atoms with Gasteiger partial charge in [0.2, 0.25) is 17.7 Å². The molecule has 0 spiro atoms. The summed E-state index contributed by atoms with van der Waals surface area (Å²) in [6.07, 6.45) is 1.64.